The van der Waals surface area contributed by atoms with Crippen LogP contribution in [0.25, 0.3) is 0 Å². The maximum atomic E-state index is 14.9. The first kappa shape index (κ1) is 14.4. The van der Waals surface area contributed by atoms with E-state index in [1.807, 2.05) is 6.92 Å². The van der Waals surface area contributed by atoms with Crippen LogP contribution in [0.1, 0.15) is 25.5 Å². The highest BCUT2D eigenvalue weighted by molar-refractivity contribution is 6.31. The summed E-state index contributed by atoms with van der Waals surface area (Å²) in [6.07, 6.45) is 2.32. The molecule has 0 fully saturated rings. The fourth-order valence-electron chi connectivity index (χ4n) is 1.92. The fraction of sp³-hybridized carbons (Fsp3) is 0.727. The van der Waals surface area contributed by atoms with Crippen LogP contribution < -0.4 is 5.73 Å². The summed E-state index contributed by atoms with van der Waals surface area (Å²) in [5.41, 5.74) is 4.19. The van der Waals surface area contributed by atoms with Crippen LogP contribution >= 0.6 is 11.6 Å². The largest absolute Gasteiger partial charge is 0.381 e. The lowest BCUT2D eigenvalue weighted by Gasteiger charge is -2.25. The Morgan fingerprint density at radius 1 is 1.65 bits per heavy atom. The molecule has 4 nitrogen and oxygen atoms in total. The molecule has 1 atom stereocenters. The molecule has 0 aliphatic heterocycles. The van der Waals surface area contributed by atoms with Crippen molar-refractivity contribution in [2.75, 3.05) is 20.3 Å². The maximum absolute atomic E-state index is 14.9. The molecule has 0 saturated heterocycles. The summed E-state index contributed by atoms with van der Waals surface area (Å²) in [6.45, 7) is 2.86. The lowest BCUT2D eigenvalue weighted by atomic mass is 9.96. The smallest absolute Gasteiger partial charge is 0.176 e. The number of ether oxygens (including phenoxy) is 1. The normalized spacial score (nSPS) is 14.9. The molecule has 0 bridgehead atoms. The molecule has 1 heterocycles. The summed E-state index contributed by atoms with van der Waals surface area (Å²) in [4.78, 5) is 0. The number of rotatable bonds is 7. The first-order valence-corrected chi connectivity index (χ1v) is 6.06. The van der Waals surface area contributed by atoms with Gasteiger partial charge in [-0.05, 0) is 26.3 Å². The van der Waals surface area contributed by atoms with Crippen molar-refractivity contribution in [2.45, 2.75) is 32.0 Å². The van der Waals surface area contributed by atoms with Crippen molar-refractivity contribution in [1.82, 2.24) is 9.78 Å². The van der Waals surface area contributed by atoms with Crippen LogP contribution in [0.2, 0.25) is 5.02 Å². The Morgan fingerprint density at radius 3 is 2.88 bits per heavy atom. The Morgan fingerprint density at radius 2 is 2.35 bits per heavy atom. The van der Waals surface area contributed by atoms with Gasteiger partial charge < -0.3 is 10.5 Å². The summed E-state index contributed by atoms with van der Waals surface area (Å²) in [5, 5.41) is 4.39. The minimum atomic E-state index is -1.63. The van der Waals surface area contributed by atoms with Gasteiger partial charge in [0.1, 0.15) is 0 Å². The van der Waals surface area contributed by atoms with Gasteiger partial charge in [0.05, 0.1) is 23.5 Å². The quantitative estimate of drug-likeness (QED) is 0.820. The lowest BCUT2D eigenvalue weighted by Crippen LogP contribution is -2.30. The van der Waals surface area contributed by atoms with Crippen molar-refractivity contribution in [2.24, 2.45) is 5.73 Å². The molecule has 0 radical (unpaired) electrons. The van der Waals surface area contributed by atoms with Crippen LogP contribution in [0.15, 0.2) is 6.20 Å². The summed E-state index contributed by atoms with van der Waals surface area (Å²) < 4.78 is 21.5. The predicted octanol–water partition coefficient (Wildman–Crippen LogP) is 2.11. The van der Waals surface area contributed by atoms with Crippen molar-refractivity contribution < 1.29 is 9.13 Å². The standard InChI is InChI=1S/C11H19ClFN3O/c1-3-16-10(9(12)7-15-16)11(13,8-17-2)5-4-6-14/h7H,3-6,8,14H2,1-2H3. The highest BCUT2D eigenvalue weighted by atomic mass is 35.5. The zero-order valence-corrected chi connectivity index (χ0v) is 11.0. The molecule has 1 unspecified atom stereocenters. The third kappa shape index (κ3) is 3.18. The maximum Gasteiger partial charge on any atom is 0.176 e. The Hall–Kier alpha value is -0.650. The highest BCUT2D eigenvalue weighted by Crippen LogP contribution is 2.36. The summed E-state index contributed by atoms with van der Waals surface area (Å²) in [5.74, 6) is 0. The van der Waals surface area contributed by atoms with Gasteiger partial charge in [0, 0.05) is 13.7 Å². The van der Waals surface area contributed by atoms with E-state index in [2.05, 4.69) is 5.10 Å². The van der Waals surface area contributed by atoms with Gasteiger partial charge in [-0.2, -0.15) is 5.10 Å². The van der Waals surface area contributed by atoms with E-state index in [1.165, 1.54) is 13.3 Å². The molecular weight excluding hydrogens is 245 g/mol. The van der Waals surface area contributed by atoms with Crippen molar-refractivity contribution in [3.63, 3.8) is 0 Å². The first-order valence-electron chi connectivity index (χ1n) is 5.68. The molecule has 1 aromatic heterocycles. The number of nitrogens with two attached hydrogens (primary N) is 1. The number of aromatic nitrogens is 2. The summed E-state index contributed by atoms with van der Waals surface area (Å²) >= 11 is 6.01. The lowest BCUT2D eigenvalue weighted by molar-refractivity contribution is 0.0238. The van der Waals surface area contributed by atoms with Gasteiger partial charge in [-0.15, -0.1) is 0 Å². The van der Waals surface area contributed by atoms with Crippen LogP contribution in [0.5, 0.6) is 0 Å². The molecule has 0 aliphatic rings. The van der Waals surface area contributed by atoms with E-state index >= 15 is 0 Å². The van der Waals surface area contributed by atoms with E-state index in [0.717, 1.165) is 0 Å². The number of halogens is 2. The second-order valence-electron chi connectivity index (χ2n) is 3.95. The molecule has 2 N–H and O–H groups in total. The summed E-state index contributed by atoms with van der Waals surface area (Å²) in [7, 11) is 1.47. The number of alkyl halides is 1. The molecule has 0 amide bonds. The van der Waals surface area contributed by atoms with E-state index in [-0.39, 0.29) is 13.0 Å². The van der Waals surface area contributed by atoms with E-state index < -0.39 is 5.67 Å². The SMILES string of the molecule is CCn1ncc(Cl)c1C(F)(CCCN)COC. The van der Waals surface area contributed by atoms with Gasteiger partial charge >= 0.3 is 0 Å². The van der Waals surface area contributed by atoms with E-state index in [0.29, 0.717) is 30.2 Å². The average Bonchev–Trinajstić information content (AvgIpc) is 2.69. The molecule has 0 aromatic carbocycles. The minimum absolute atomic E-state index is 0.0432. The van der Waals surface area contributed by atoms with Gasteiger partial charge in [0.2, 0.25) is 0 Å². The third-order valence-corrected chi connectivity index (χ3v) is 2.95. The Labute approximate surface area is 106 Å². The third-order valence-electron chi connectivity index (χ3n) is 2.67. The topological polar surface area (TPSA) is 53.1 Å². The molecular formula is C11H19ClFN3O. The second-order valence-corrected chi connectivity index (χ2v) is 4.35. The highest BCUT2D eigenvalue weighted by Gasteiger charge is 2.37. The zero-order valence-electron chi connectivity index (χ0n) is 10.2. The number of hydrogen-bond donors (Lipinski definition) is 1. The van der Waals surface area contributed by atoms with E-state index in [9.17, 15) is 4.39 Å². The molecule has 1 aromatic rings. The predicted molar refractivity (Wildman–Crippen MR) is 65.9 cm³/mol. The van der Waals surface area contributed by atoms with Crippen LogP contribution in [0.4, 0.5) is 4.39 Å². The number of nitrogens with zero attached hydrogens (tertiary/aromatic N) is 2. The zero-order chi connectivity index (χ0) is 12.9. The molecule has 98 valence electrons. The van der Waals surface area contributed by atoms with Crippen molar-refractivity contribution >= 4 is 11.6 Å². The van der Waals surface area contributed by atoms with Gasteiger partial charge in [0.15, 0.2) is 5.67 Å². The van der Waals surface area contributed by atoms with E-state index in [1.54, 1.807) is 4.68 Å². The van der Waals surface area contributed by atoms with Crippen LogP contribution in [-0.4, -0.2) is 30.0 Å². The van der Waals surface area contributed by atoms with Crippen LogP contribution in [0.3, 0.4) is 0 Å². The van der Waals surface area contributed by atoms with Crippen LogP contribution in [0, 0.1) is 0 Å². The molecule has 1 rings (SSSR count). The number of aryl methyl sites for hydroxylation is 1. The van der Waals surface area contributed by atoms with Gasteiger partial charge in [-0.3, -0.25) is 4.68 Å². The Balaban J connectivity index is 3.06. The van der Waals surface area contributed by atoms with Gasteiger partial charge in [-0.1, -0.05) is 11.6 Å². The molecule has 17 heavy (non-hydrogen) atoms. The van der Waals surface area contributed by atoms with Gasteiger partial charge in [0.25, 0.3) is 0 Å². The van der Waals surface area contributed by atoms with Gasteiger partial charge in [-0.25, -0.2) is 4.39 Å². The summed E-state index contributed by atoms with van der Waals surface area (Å²) in [6, 6.07) is 0. The number of hydrogen-bond acceptors (Lipinski definition) is 3. The fourth-order valence-corrected chi connectivity index (χ4v) is 2.23. The average molecular weight is 264 g/mol. The Bertz CT molecular complexity index is 358. The molecule has 0 saturated carbocycles. The molecule has 6 heteroatoms. The first-order chi connectivity index (χ1) is 8.09. The Kier molecular flexibility index (Phi) is 5.36. The second kappa shape index (κ2) is 6.33. The van der Waals surface area contributed by atoms with E-state index in [4.69, 9.17) is 22.1 Å². The van der Waals surface area contributed by atoms with Crippen LogP contribution in [-0.2, 0) is 17.0 Å². The monoisotopic (exact) mass is 263 g/mol. The van der Waals surface area contributed by atoms with Crippen molar-refractivity contribution in [1.29, 1.82) is 0 Å². The number of methoxy groups -OCH3 is 1. The van der Waals surface area contributed by atoms with Crippen molar-refractivity contribution in [3.05, 3.63) is 16.9 Å². The molecule has 0 spiro atoms. The molecule has 0 aliphatic carbocycles. The minimum Gasteiger partial charge on any atom is -0.381 e. The van der Waals surface area contributed by atoms with Crippen molar-refractivity contribution in [3.8, 4) is 0 Å².